The molecule has 9 heteroatoms. The Hall–Kier alpha value is -1.64. The van der Waals surface area contributed by atoms with E-state index >= 15 is 0 Å². The molecule has 0 saturated heterocycles. The van der Waals surface area contributed by atoms with Crippen molar-refractivity contribution in [2.24, 2.45) is 5.73 Å². The van der Waals surface area contributed by atoms with Crippen LogP contribution in [-0.4, -0.2) is 15.8 Å². The zero-order valence-electron chi connectivity index (χ0n) is 7.49. The summed E-state index contributed by atoms with van der Waals surface area (Å²) in [7, 11) is 0. The Balaban J connectivity index is 3.49. The smallest absolute Gasteiger partial charge is 0.302 e. The average Bonchev–Trinajstić information content (AvgIpc) is 2.15. The maximum atomic E-state index is 12.4. The Morgan fingerprint density at radius 1 is 1.62 bits per heavy atom. The van der Waals surface area contributed by atoms with Crippen molar-refractivity contribution in [1.29, 1.82) is 0 Å². The quantitative estimate of drug-likeness (QED) is 0.522. The lowest BCUT2D eigenvalue weighted by atomic mass is 10.1. The minimum absolute atomic E-state index is 0.377. The lowest BCUT2D eigenvalue weighted by Crippen LogP contribution is -2.16. The predicted molar refractivity (Wildman–Crippen MR) is 52.1 cm³/mol. The monoisotopic (exact) mass is 295 g/mol. The Labute approximate surface area is 95.7 Å². The highest BCUT2D eigenvalue weighted by atomic mass is 79.9. The van der Waals surface area contributed by atoms with Crippen LogP contribution in [0, 0.1) is 10.1 Å². The summed E-state index contributed by atoms with van der Waals surface area (Å²) in [5, 5.41) is 10.5. The number of nitrogens with zero attached hydrogens (tertiary/aromatic N) is 2. The third-order valence-electron chi connectivity index (χ3n) is 1.66. The van der Waals surface area contributed by atoms with Crippen molar-refractivity contribution < 1.29 is 18.5 Å². The fraction of sp³-hybridized carbons (Fsp3) is 0.143. The number of halogens is 3. The van der Waals surface area contributed by atoms with Crippen LogP contribution in [0.4, 0.5) is 14.5 Å². The summed E-state index contributed by atoms with van der Waals surface area (Å²) < 4.78 is 24.5. The Kier molecular flexibility index (Phi) is 3.48. The Morgan fingerprint density at radius 3 is 2.56 bits per heavy atom. The second-order valence-corrected chi connectivity index (χ2v) is 3.40. The molecule has 1 rings (SSSR count). The van der Waals surface area contributed by atoms with Gasteiger partial charge in [-0.1, -0.05) is 0 Å². The van der Waals surface area contributed by atoms with Crippen LogP contribution in [0.25, 0.3) is 0 Å². The number of primary amides is 1. The van der Waals surface area contributed by atoms with Crippen LogP contribution >= 0.6 is 15.9 Å². The first kappa shape index (κ1) is 12.4. The zero-order chi connectivity index (χ0) is 12.5. The summed E-state index contributed by atoms with van der Waals surface area (Å²) >= 11 is 2.66. The molecule has 1 aromatic rings. The van der Waals surface area contributed by atoms with E-state index in [1.807, 2.05) is 0 Å². The molecule has 86 valence electrons. The second-order valence-electron chi connectivity index (χ2n) is 2.65. The van der Waals surface area contributed by atoms with E-state index in [4.69, 9.17) is 5.73 Å². The molecule has 0 spiro atoms. The van der Waals surface area contributed by atoms with Crippen molar-refractivity contribution in [3.63, 3.8) is 0 Å². The number of aromatic nitrogens is 1. The summed E-state index contributed by atoms with van der Waals surface area (Å²) in [5.41, 5.74) is 2.68. The van der Waals surface area contributed by atoms with Crippen LogP contribution in [0.15, 0.2) is 10.7 Å². The number of amides is 1. The van der Waals surface area contributed by atoms with Gasteiger partial charge in [0.1, 0.15) is 5.69 Å². The van der Waals surface area contributed by atoms with E-state index in [-0.39, 0.29) is 4.60 Å². The van der Waals surface area contributed by atoms with E-state index in [1.165, 1.54) is 0 Å². The largest absolute Gasteiger partial charge is 0.366 e. The molecule has 0 aliphatic heterocycles. The number of hydrogen-bond donors (Lipinski definition) is 1. The van der Waals surface area contributed by atoms with Crippen molar-refractivity contribution in [3.05, 3.63) is 32.0 Å². The maximum absolute atomic E-state index is 12.4. The number of alkyl halides is 2. The highest BCUT2D eigenvalue weighted by Crippen LogP contribution is 2.29. The molecule has 16 heavy (non-hydrogen) atoms. The molecule has 0 aliphatic rings. The van der Waals surface area contributed by atoms with Gasteiger partial charge in [-0.15, -0.1) is 0 Å². The first-order valence-electron chi connectivity index (χ1n) is 3.77. The second kappa shape index (κ2) is 4.47. The molecule has 0 unspecified atom stereocenters. The van der Waals surface area contributed by atoms with Gasteiger partial charge in [-0.3, -0.25) is 14.9 Å². The summed E-state index contributed by atoms with van der Waals surface area (Å²) in [6, 6.07) is 0.668. The van der Waals surface area contributed by atoms with Gasteiger partial charge < -0.3 is 5.73 Å². The predicted octanol–water partition coefficient (Wildman–Crippen LogP) is 1.79. The molecular weight excluding hydrogens is 292 g/mol. The van der Waals surface area contributed by atoms with E-state index in [1.54, 1.807) is 0 Å². The van der Waals surface area contributed by atoms with Gasteiger partial charge in [0.15, 0.2) is 4.60 Å². The van der Waals surface area contributed by atoms with Crippen LogP contribution in [0.2, 0.25) is 0 Å². The fourth-order valence-electron chi connectivity index (χ4n) is 0.985. The van der Waals surface area contributed by atoms with Crippen molar-refractivity contribution in [2.45, 2.75) is 6.43 Å². The van der Waals surface area contributed by atoms with E-state index < -0.39 is 34.2 Å². The van der Waals surface area contributed by atoms with Gasteiger partial charge in [0.25, 0.3) is 12.3 Å². The lowest BCUT2D eigenvalue weighted by molar-refractivity contribution is -0.386. The molecule has 1 aromatic heterocycles. The summed E-state index contributed by atoms with van der Waals surface area (Å²) in [4.78, 5) is 23.7. The van der Waals surface area contributed by atoms with Gasteiger partial charge >= 0.3 is 5.69 Å². The molecule has 0 bridgehead atoms. The molecule has 0 aliphatic carbocycles. The summed E-state index contributed by atoms with van der Waals surface area (Å²) in [6.45, 7) is 0. The van der Waals surface area contributed by atoms with Gasteiger partial charge in [0.05, 0.1) is 10.5 Å². The van der Waals surface area contributed by atoms with Crippen molar-refractivity contribution in [3.8, 4) is 0 Å². The normalized spacial score (nSPS) is 10.5. The number of carbonyl (C=O) groups excluding carboxylic acids is 1. The first-order chi connectivity index (χ1) is 7.34. The number of pyridine rings is 1. The van der Waals surface area contributed by atoms with Crippen LogP contribution in [0.3, 0.4) is 0 Å². The van der Waals surface area contributed by atoms with Gasteiger partial charge in [-0.25, -0.2) is 13.8 Å². The molecule has 0 fully saturated rings. The molecular formula is C7H4BrF2N3O3. The highest BCUT2D eigenvalue weighted by Gasteiger charge is 2.25. The molecule has 0 aromatic carbocycles. The SMILES string of the molecule is NC(=O)c1cc([N+](=O)[O-])c(Br)nc1C(F)F. The number of hydrogen-bond acceptors (Lipinski definition) is 4. The lowest BCUT2D eigenvalue weighted by Gasteiger charge is -2.05. The maximum Gasteiger partial charge on any atom is 0.302 e. The van der Waals surface area contributed by atoms with Crippen molar-refractivity contribution in [1.82, 2.24) is 4.98 Å². The summed E-state index contributed by atoms with van der Waals surface area (Å²) in [5.74, 6) is -1.20. The van der Waals surface area contributed by atoms with E-state index in [0.717, 1.165) is 0 Å². The van der Waals surface area contributed by atoms with Gasteiger partial charge in [-0.2, -0.15) is 0 Å². The van der Waals surface area contributed by atoms with Crippen LogP contribution in [0.1, 0.15) is 22.5 Å². The van der Waals surface area contributed by atoms with Crippen LogP contribution in [-0.2, 0) is 0 Å². The van der Waals surface area contributed by atoms with Gasteiger partial charge in [0.2, 0.25) is 0 Å². The van der Waals surface area contributed by atoms with Gasteiger partial charge in [-0.05, 0) is 15.9 Å². The van der Waals surface area contributed by atoms with Crippen molar-refractivity contribution >= 4 is 27.5 Å². The molecule has 1 heterocycles. The molecule has 1 amide bonds. The minimum Gasteiger partial charge on any atom is -0.366 e. The summed E-state index contributed by atoms with van der Waals surface area (Å²) in [6.07, 6.45) is -3.04. The third-order valence-corrected chi connectivity index (χ3v) is 2.24. The first-order valence-corrected chi connectivity index (χ1v) is 4.56. The zero-order valence-corrected chi connectivity index (χ0v) is 9.07. The Bertz CT molecular complexity index is 466. The minimum atomic E-state index is -3.04. The number of nitrogens with two attached hydrogens (primary N) is 1. The molecule has 0 saturated carbocycles. The third kappa shape index (κ3) is 2.30. The van der Waals surface area contributed by atoms with E-state index in [9.17, 15) is 23.7 Å². The van der Waals surface area contributed by atoms with Crippen molar-refractivity contribution in [2.75, 3.05) is 0 Å². The standard InChI is InChI=1S/C7H4BrF2N3O3/c8-5-3(13(15)16)1-2(7(11)14)4(12-5)6(9)10/h1,6H,(H2,11,14). The highest BCUT2D eigenvalue weighted by molar-refractivity contribution is 9.10. The van der Waals surface area contributed by atoms with Gasteiger partial charge in [0, 0.05) is 6.07 Å². The molecule has 0 atom stereocenters. The number of carbonyl (C=O) groups is 1. The molecule has 6 nitrogen and oxygen atoms in total. The molecule has 2 N–H and O–H groups in total. The van der Waals surface area contributed by atoms with Crippen LogP contribution in [0.5, 0.6) is 0 Å². The molecule has 0 radical (unpaired) electrons. The van der Waals surface area contributed by atoms with E-state index in [2.05, 4.69) is 20.9 Å². The number of rotatable bonds is 3. The topological polar surface area (TPSA) is 99.1 Å². The Morgan fingerprint density at radius 2 is 2.19 bits per heavy atom. The van der Waals surface area contributed by atoms with E-state index in [0.29, 0.717) is 6.07 Å². The number of nitro groups is 1. The van der Waals surface area contributed by atoms with Crippen LogP contribution < -0.4 is 5.73 Å². The average molecular weight is 296 g/mol. The fourth-order valence-corrected chi connectivity index (χ4v) is 1.44.